The van der Waals surface area contributed by atoms with Crippen molar-refractivity contribution in [2.24, 2.45) is 0 Å². The quantitative estimate of drug-likeness (QED) is 0.551. The summed E-state index contributed by atoms with van der Waals surface area (Å²) in [7, 11) is 1.62. The van der Waals surface area contributed by atoms with Gasteiger partial charge in [-0.25, -0.2) is 4.79 Å². The van der Waals surface area contributed by atoms with E-state index in [9.17, 15) is 4.79 Å². The zero-order valence-corrected chi connectivity index (χ0v) is 12.8. The van der Waals surface area contributed by atoms with E-state index in [2.05, 4.69) is 15.9 Å². The van der Waals surface area contributed by atoms with Gasteiger partial charge in [-0.1, -0.05) is 15.9 Å². The Labute approximate surface area is 126 Å². The predicted molar refractivity (Wildman–Crippen MR) is 79.0 cm³/mol. The Morgan fingerprint density at radius 2 is 2.05 bits per heavy atom. The summed E-state index contributed by atoms with van der Waals surface area (Å²) in [5.74, 6) is -0.330. The molecule has 0 amide bonds. The Balaban J connectivity index is 2.46. The third-order valence-electron chi connectivity index (χ3n) is 2.30. The molecular formula is C14H17BrO5. The molecule has 5 nitrogen and oxygen atoms in total. The number of halogens is 1. The van der Waals surface area contributed by atoms with Crippen molar-refractivity contribution >= 4 is 28.0 Å². The number of hydrogen-bond donors (Lipinski definition) is 1. The Kier molecular flexibility index (Phi) is 7.94. The predicted octanol–water partition coefficient (Wildman–Crippen LogP) is 2.59. The van der Waals surface area contributed by atoms with Crippen LogP contribution in [0, 0.1) is 0 Å². The number of carboxylic acid groups (broad SMARTS) is 1. The van der Waals surface area contributed by atoms with E-state index in [0.717, 1.165) is 16.1 Å². The van der Waals surface area contributed by atoms with Gasteiger partial charge in [0, 0.05) is 17.7 Å². The molecule has 0 saturated heterocycles. The summed E-state index contributed by atoms with van der Waals surface area (Å²) in [5, 5.41) is 8.62. The summed E-state index contributed by atoms with van der Waals surface area (Å²) in [4.78, 5) is 10.5. The van der Waals surface area contributed by atoms with Crippen LogP contribution in [0.15, 0.2) is 28.7 Å². The number of carbonyl (C=O) groups is 1. The van der Waals surface area contributed by atoms with Gasteiger partial charge in [-0.3, -0.25) is 0 Å². The SMILES string of the molecule is COCCOCCOc1ccc(Br)c(/C=C/C(=O)O)c1. The second-order valence-electron chi connectivity index (χ2n) is 3.81. The summed E-state index contributed by atoms with van der Waals surface area (Å²) in [5.41, 5.74) is 0.741. The molecule has 0 aliphatic rings. The lowest BCUT2D eigenvalue weighted by Crippen LogP contribution is -2.10. The van der Waals surface area contributed by atoms with Gasteiger partial charge in [0.1, 0.15) is 12.4 Å². The molecule has 0 spiro atoms. The van der Waals surface area contributed by atoms with Crippen LogP contribution < -0.4 is 4.74 Å². The Hall–Kier alpha value is -1.37. The van der Waals surface area contributed by atoms with Crippen LogP contribution in [-0.2, 0) is 14.3 Å². The van der Waals surface area contributed by atoms with Gasteiger partial charge in [0.15, 0.2) is 0 Å². The average Bonchev–Trinajstić information content (AvgIpc) is 2.42. The van der Waals surface area contributed by atoms with Crippen LogP contribution in [-0.4, -0.2) is 44.6 Å². The van der Waals surface area contributed by atoms with E-state index < -0.39 is 5.97 Å². The van der Waals surface area contributed by atoms with E-state index in [4.69, 9.17) is 19.3 Å². The average molecular weight is 345 g/mol. The van der Waals surface area contributed by atoms with Crippen LogP contribution in [0.25, 0.3) is 6.08 Å². The van der Waals surface area contributed by atoms with Gasteiger partial charge in [-0.2, -0.15) is 0 Å². The molecule has 1 aromatic carbocycles. The zero-order chi connectivity index (χ0) is 14.8. The van der Waals surface area contributed by atoms with Crippen molar-refractivity contribution in [3.8, 4) is 5.75 Å². The number of carboxylic acids is 1. The van der Waals surface area contributed by atoms with E-state index in [-0.39, 0.29) is 0 Å². The maximum Gasteiger partial charge on any atom is 0.328 e. The molecule has 1 rings (SSSR count). The van der Waals surface area contributed by atoms with E-state index in [1.54, 1.807) is 19.2 Å². The largest absolute Gasteiger partial charge is 0.491 e. The third-order valence-corrected chi connectivity index (χ3v) is 3.02. The Morgan fingerprint density at radius 3 is 2.75 bits per heavy atom. The summed E-state index contributed by atoms with van der Waals surface area (Å²) in [6.45, 7) is 1.99. The lowest BCUT2D eigenvalue weighted by Gasteiger charge is -2.08. The van der Waals surface area contributed by atoms with Crippen molar-refractivity contribution in [1.82, 2.24) is 0 Å². The first-order valence-corrected chi connectivity index (χ1v) is 6.83. The van der Waals surface area contributed by atoms with Crippen molar-refractivity contribution in [2.75, 3.05) is 33.5 Å². The monoisotopic (exact) mass is 344 g/mol. The molecule has 0 aromatic heterocycles. The number of aliphatic carboxylic acids is 1. The highest BCUT2D eigenvalue weighted by molar-refractivity contribution is 9.10. The van der Waals surface area contributed by atoms with E-state index in [1.807, 2.05) is 6.07 Å². The molecule has 0 bridgehead atoms. The molecule has 6 heteroatoms. The van der Waals surface area contributed by atoms with E-state index in [1.165, 1.54) is 6.08 Å². The maximum absolute atomic E-state index is 10.5. The first-order chi connectivity index (χ1) is 9.63. The summed E-state index contributed by atoms with van der Waals surface area (Å²) >= 11 is 3.35. The Bertz CT molecular complexity index is 459. The highest BCUT2D eigenvalue weighted by atomic mass is 79.9. The highest BCUT2D eigenvalue weighted by Crippen LogP contribution is 2.23. The second kappa shape index (κ2) is 9.52. The molecule has 110 valence electrons. The van der Waals surface area contributed by atoms with Gasteiger partial charge >= 0.3 is 5.97 Å². The summed E-state index contributed by atoms with van der Waals surface area (Å²) in [6.07, 6.45) is 2.59. The minimum Gasteiger partial charge on any atom is -0.491 e. The summed E-state index contributed by atoms with van der Waals surface area (Å²) < 4.78 is 16.5. The van der Waals surface area contributed by atoms with Crippen molar-refractivity contribution in [2.45, 2.75) is 0 Å². The molecule has 0 aliphatic carbocycles. The smallest absolute Gasteiger partial charge is 0.328 e. The van der Waals surface area contributed by atoms with Crippen LogP contribution >= 0.6 is 15.9 Å². The van der Waals surface area contributed by atoms with E-state index >= 15 is 0 Å². The van der Waals surface area contributed by atoms with Crippen molar-refractivity contribution in [3.63, 3.8) is 0 Å². The Morgan fingerprint density at radius 1 is 1.30 bits per heavy atom. The van der Waals surface area contributed by atoms with E-state index in [0.29, 0.717) is 32.2 Å². The molecule has 20 heavy (non-hydrogen) atoms. The molecule has 0 unspecified atom stereocenters. The first-order valence-electron chi connectivity index (χ1n) is 6.03. The lowest BCUT2D eigenvalue weighted by molar-refractivity contribution is -0.131. The van der Waals surface area contributed by atoms with Crippen LogP contribution in [0.3, 0.4) is 0 Å². The molecule has 0 fully saturated rings. The fraction of sp³-hybridized carbons (Fsp3) is 0.357. The molecule has 0 aliphatic heterocycles. The zero-order valence-electron chi connectivity index (χ0n) is 11.2. The molecule has 0 atom stereocenters. The van der Waals surface area contributed by atoms with Gasteiger partial charge in [-0.15, -0.1) is 0 Å². The van der Waals surface area contributed by atoms with Crippen LogP contribution in [0.2, 0.25) is 0 Å². The van der Waals surface area contributed by atoms with Crippen LogP contribution in [0.1, 0.15) is 5.56 Å². The first kappa shape index (κ1) is 16.7. The van der Waals surface area contributed by atoms with Crippen molar-refractivity contribution in [1.29, 1.82) is 0 Å². The standard InChI is InChI=1S/C14H17BrO5/c1-18-6-7-19-8-9-20-12-3-4-13(15)11(10-12)2-5-14(16)17/h2-5,10H,6-9H2,1H3,(H,16,17)/b5-2+. The number of hydrogen-bond acceptors (Lipinski definition) is 4. The number of ether oxygens (including phenoxy) is 3. The van der Waals surface area contributed by atoms with Gasteiger partial charge in [0.05, 0.1) is 19.8 Å². The van der Waals surface area contributed by atoms with Crippen LogP contribution in [0.4, 0.5) is 0 Å². The molecule has 0 saturated carbocycles. The topological polar surface area (TPSA) is 65.0 Å². The molecule has 0 radical (unpaired) electrons. The molecule has 1 N–H and O–H groups in total. The fourth-order valence-electron chi connectivity index (χ4n) is 1.36. The van der Waals surface area contributed by atoms with Gasteiger partial charge in [0.2, 0.25) is 0 Å². The molecular weight excluding hydrogens is 328 g/mol. The normalized spacial score (nSPS) is 10.9. The maximum atomic E-state index is 10.5. The molecule has 0 heterocycles. The van der Waals surface area contributed by atoms with Gasteiger partial charge in [-0.05, 0) is 29.8 Å². The second-order valence-corrected chi connectivity index (χ2v) is 4.66. The minimum atomic E-state index is -0.991. The number of benzene rings is 1. The lowest BCUT2D eigenvalue weighted by atomic mass is 10.2. The van der Waals surface area contributed by atoms with Crippen LogP contribution in [0.5, 0.6) is 5.75 Å². The third kappa shape index (κ3) is 6.70. The molecule has 1 aromatic rings. The summed E-state index contributed by atoms with van der Waals surface area (Å²) in [6, 6.07) is 5.37. The number of methoxy groups -OCH3 is 1. The van der Waals surface area contributed by atoms with Crippen molar-refractivity contribution < 1.29 is 24.1 Å². The minimum absolute atomic E-state index is 0.424. The van der Waals surface area contributed by atoms with Gasteiger partial charge < -0.3 is 19.3 Å². The highest BCUT2D eigenvalue weighted by Gasteiger charge is 2.01. The van der Waals surface area contributed by atoms with Gasteiger partial charge in [0.25, 0.3) is 0 Å². The van der Waals surface area contributed by atoms with Crippen molar-refractivity contribution in [3.05, 3.63) is 34.3 Å². The fourth-order valence-corrected chi connectivity index (χ4v) is 1.74. The number of rotatable bonds is 9.